The first-order valence-electron chi connectivity index (χ1n) is 30.2. The van der Waals surface area contributed by atoms with Crippen molar-refractivity contribution in [2.75, 3.05) is 212 Å². The van der Waals surface area contributed by atoms with Crippen LogP contribution in [0.2, 0.25) is 0 Å². The van der Waals surface area contributed by atoms with Crippen LogP contribution < -0.4 is 20.9 Å². The first-order chi connectivity index (χ1) is 41.1. The van der Waals surface area contributed by atoms with E-state index in [1.807, 2.05) is 0 Å². The molecule has 4 N–H and O–H groups in total. The first-order valence-corrected chi connectivity index (χ1v) is 30.2. The minimum absolute atomic E-state index is 0.285. The highest BCUT2D eigenvalue weighted by Gasteiger charge is 2.43. The smallest absolute Gasteiger partial charge is 0.119 e. The van der Waals surface area contributed by atoms with Gasteiger partial charge in [0.25, 0.3) is 0 Å². The van der Waals surface area contributed by atoms with Gasteiger partial charge in [-0.1, -0.05) is 48.5 Å². The number of rotatable bonds is 56. The third-order valence-corrected chi connectivity index (χ3v) is 13.8. The SMILES string of the molecule is COCCOCCCC1(CCCOCCOCCOCCOCCOCCOCCOCCOCCOCCOCCOCCOC)c2cc(-c3ccc(OCCCCN)cc3)ccc2-c2ccc(-c3ccc(OCCCCN)cc3)cc21. The summed E-state index contributed by atoms with van der Waals surface area (Å²) in [4.78, 5) is 0. The molecule has 4 aromatic rings. The average Bonchev–Trinajstić information content (AvgIpc) is 1.92. The zero-order chi connectivity index (χ0) is 58.4. The predicted octanol–water partition coefficient (Wildman–Crippen LogP) is 8.57. The normalized spacial score (nSPS) is 12.5. The molecule has 0 heterocycles. The zero-order valence-corrected chi connectivity index (χ0v) is 50.1. The van der Waals surface area contributed by atoms with E-state index in [4.69, 9.17) is 87.3 Å². The molecule has 0 atom stereocenters. The van der Waals surface area contributed by atoms with Crippen LogP contribution in [0.4, 0.5) is 0 Å². The summed E-state index contributed by atoms with van der Waals surface area (Å²) in [5, 5.41) is 0. The molecule has 1 aliphatic carbocycles. The standard InChI is InChI=1S/C65H100N2O16/c1-68-29-31-70-25-7-21-65(22-8-26-71-33-34-73-37-38-75-41-42-77-45-46-79-49-50-81-52-51-80-48-47-78-44-43-76-40-39-74-36-35-72-32-30-69-2)63-53-57(55-9-15-59(16-10-55)82-27-5-3-23-66)13-19-61(63)62-20-14-58(54-64(62)65)56-11-17-60(18-12-56)83-28-6-4-24-67/h9-20,53-54H,3-8,21-52,66-67H2,1-2H3. The minimum atomic E-state index is -0.285. The summed E-state index contributed by atoms with van der Waals surface area (Å²) < 4.78 is 90.4. The Morgan fingerprint density at radius 3 is 0.819 bits per heavy atom. The largest absolute Gasteiger partial charge is 0.494 e. The van der Waals surface area contributed by atoms with E-state index >= 15 is 0 Å². The molecule has 0 unspecified atom stereocenters. The number of nitrogens with two attached hydrogens (primary N) is 2. The van der Waals surface area contributed by atoms with Crippen molar-refractivity contribution in [2.24, 2.45) is 11.5 Å². The molecular weight excluding hydrogens is 1060 g/mol. The quantitative estimate of drug-likeness (QED) is 0.0398. The predicted molar refractivity (Wildman–Crippen MR) is 323 cm³/mol. The molecule has 0 spiro atoms. The van der Waals surface area contributed by atoms with Crippen LogP contribution in [-0.2, 0) is 71.7 Å². The molecule has 18 heteroatoms. The molecule has 0 aromatic heterocycles. The Bertz CT molecular complexity index is 2080. The number of hydrogen-bond acceptors (Lipinski definition) is 18. The molecule has 0 amide bonds. The van der Waals surface area contributed by atoms with E-state index < -0.39 is 0 Å². The lowest BCUT2D eigenvalue weighted by atomic mass is 9.70. The maximum atomic E-state index is 6.24. The van der Waals surface area contributed by atoms with Gasteiger partial charge in [-0.3, -0.25) is 0 Å². The van der Waals surface area contributed by atoms with E-state index in [0.717, 1.165) is 74.0 Å². The zero-order valence-electron chi connectivity index (χ0n) is 50.1. The van der Waals surface area contributed by atoms with Gasteiger partial charge >= 0.3 is 0 Å². The van der Waals surface area contributed by atoms with Crippen LogP contribution in [0.3, 0.4) is 0 Å². The number of fused-ring (bicyclic) bond motifs is 3. The maximum absolute atomic E-state index is 6.24. The highest BCUT2D eigenvalue weighted by atomic mass is 16.6. The lowest BCUT2D eigenvalue weighted by Gasteiger charge is -2.33. The number of methoxy groups -OCH3 is 2. The second-order valence-electron chi connectivity index (χ2n) is 19.9. The molecule has 5 rings (SSSR count). The topological polar surface area (TPSA) is 200 Å². The first kappa shape index (κ1) is 69.6. The average molecular weight is 1170 g/mol. The van der Waals surface area contributed by atoms with Gasteiger partial charge in [-0.15, -0.1) is 0 Å². The van der Waals surface area contributed by atoms with E-state index in [2.05, 4.69) is 84.9 Å². The molecule has 0 saturated heterocycles. The van der Waals surface area contributed by atoms with E-state index in [1.54, 1.807) is 14.2 Å². The summed E-state index contributed by atoms with van der Waals surface area (Å²) in [6, 6.07) is 30.9. The lowest BCUT2D eigenvalue weighted by Crippen LogP contribution is -2.27. The van der Waals surface area contributed by atoms with Crippen molar-refractivity contribution in [2.45, 2.75) is 56.8 Å². The van der Waals surface area contributed by atoms with Crippen molar-refractivity contribution in [1.82, 2.24) is 0 Å². The Morgan fingerprint density at radius 1 is 0.277 bits per heavy atom. The fourth-order valence-corrected chi connectivity index (χ4v) is 9.52. The molecule has 18 nitrogen and oxygen atoms in total. The molecule has 0 radical (unpaired) electrons. The molecule has 83 heavy (non-hydrogen) atoms. The van der Waals surface area contributed by atoms with Crippen molar-refractivity contribution in [3.63, 3.8) is 0 Å². The van der Waals surface area contributed by atoms with Crippen molar-refractivity contribution in [3.8, 4) is 44.9 Å². The van der Waals surface area contributed by atoms with Crippen LogP contribution in [0.1, 0.15) is 62.5 Å². The van der Waals surface area contributed by atoms with Crippen molar-refractivity contribution < 1.29 is 75.8 Å². The maximum Gasteiger partial charge on any atom is 0.119 e. The van der Waals surface area contributed by atoms with Crippen molar-refractivity contribution in [1.29, 1.82) is 0 Å². The number of ether oxygens (including phenoxy) is 16. The van der Waals surface area contributed by atoms with Crippen LogP contribution in [-0.4, -0.2) is 212 Å². The second kappa shape index (κ2) is 46.1. The molecule has 0 saturated carbocycles. The van der Waals surface area contributed by atoms with E-state index in [9.17, 15) is 0 Å². The van der Waals surface area contributed by atoms with Crippen LogP contribution in [0.25, 0.3) is 33.4 Å². The third kappa shape index (κ3) is 28.3. The molecule has 466 valence electrons. The fourth-order valence-electron chi connectivity index (χ4n) is 9.52. The van der Waals surface area contributed by atoms with Crippen LogP contribution in [0, 0.1) is 0 Å². The van der Waals surface area contributed by atoms with Gasteiger partial charge in [0, 0.05) is 32.8 Å². The number of benzene rings is 4. The summed E-state index contributed by atoms with van der Waals surface area (Å²) in [5.41, 5.74) is 21.0. The van der Waals surface area contributed by atoms with E-state index in [0.29, 0.717) is 198 Å². The van der Waals surface area contributed by atoms with E-state index in [-0.39, 0.29) is 5.41 Å². The molecule has 0 bridgehead atoms. The van der Waals surface area contributed by atoms with Gasteiger partial charge in [-0.05, 0) is 145 Å². The number of hydrogen-bond donors (Lipinski definition) is 2. The second-order valence-corrected chi connectivity index (χ2v) is 19.9. The fraction of sp³-hybridized carbons (Fsp3) is 0.631. The molecule has 0 aliphatic heterocycles. The summed E-state index contributed by atoms with van der Waals surface area (Å²) in [6.07, 6.45) is 7.34. The van der Waals surface area contributed by atoms with Gasteiger partial charge in [0.15, 0.2) is 0 Å². The molecule has 0 fully saturated rings. The Morgan fingerprint density at radius 2 is 0.542 bits per heavy atom. The van der Waals surface area contributed by atoms with Gasteiger partial charge < -0.3 is 87.3 Å². The van der Waals surface area contributed by atoms with Gasteiger partial charge in [-0.2, -0.15) is 0 Å². The molecular formula is C65H100N2O16. The summed E-state index contributed by atoms with van der Waals surface area (Å²) in [5.74, 6) is 1.73. The Balaban J connectivity index is 0.984. The van der Waals surface area contributed by atoms with Crippen LogP contribution in [0.5, 0.6) is 11.5 Å². The van der Waals surface area contributed by atoms with E-state index in [1.165, 1.54) is 33.4 Å². The summed E-state index contributed by atoms with van der Waals surface area (Å²) in [7, 11) is 3.35. The highest BCUT2D eigenvalue weighted by Crippen LogP contribution is 2.55. The van der Waals surface area contributed by atoms with Crippen molar-refractivity contribution in [3.05, 3.63) is 96.1 Å². The summed E-state index contributed by atoms with van der Waals surface area (Å²) >= 11 is 0. The number of unbranched alkanes of at least 4 members (excludes halogenated alkanes) is 2. The van der Waals surface area contributed by atoms with Gasteiger partial charge in [0.2, 0.25) is 0 Å². The Kier molecular flexibility index (Phi) is 38.7. The lowest BCUT2D eigenvalue weighted by molar-refractivity contribution is -0.0280. The molecule has 1 aliphatic rings. The van der Waals surface area contributed by atoms with Crippen molar-refractivity contribution >= 4 is 0 Å². The van der Waals surface area contributed by atoms with Crippen LogP contribution in [0.15, 0.2) is 84.9 Å². The highest BCUT2D eigenvalue weighted by molar-refractivity contribution is 5.86. The van der Waals surface area contributed by atoms with Gasteiger partial charge in [0.05, 0.1) is 172 Å². The summed E-state index contributed by atoms with van der Waals surface area (Å²) in [6.45, 7) is 16.2. The molecule has 4 aromatic carbocycles. The monoisotopic (exact) mass is 1160 g/mol. The Labute approximate surface area is 495 Å². The Hall–Kier alpha value is -4.16. The third-order valence-electron chi connectivity index (χ3n) is 13.8. The van der Waals surface area contributed by atoms with Gasteiger partial charge in [-0.25, -0.2) is 0 Å². The van der Waals surface area contributed by atoms with Crippen LogP contribution >= 0.6 is 0 Å². The minimum Gasteiger partial charge on any atom is -0.494 e. The van der Waals surface area contributed by atoms with Gasteiger partial charge in [0.1, 0.15) is 11.5 Å².